The summed E-state index contributed by atoms with van der Waals surface area (Å²) in [5, 5.41) is 21.7. The number of hydrogen-bond acceptors (Lipinski definition) is 6. The topological polar surface area (TPSA) is 93.1 Å². The Hall–Kier alpha value is -1.14. The Morgan fingerprint density at radius 2 is 1.80 bits per heavy atom. The number of rotatable bonds is 5. The maximum absolute atomic E-state index is 12.5. The number of fused-ring (bicyclic) bond motifs is 5. The number of esters is 2. The van der Waals surface area contributed by atoms with Gasteiger partial charge in [0, 0.05) is 12.8 Å². The first kappa shape index (κ1) is 25.5. The minimum Gasteiger partial charge on any atom is -0.465 e. The molecule has 5 rings (SSSR count). The predicted octanol–water partition coefficient (Wildman–Crippen LogP) is 4.64. The Labute approximate surface area is 210 Å². The summed E-state index contributed by atoms with van der Waals surface area (Å²) in [6, 6.07) is 0. The molecule has 6 nitrogen and oxygen atoms in total. The smallest absolute Gasteiger partial charge is 0.309 e. The first-order valence-corrected chi connectivity index (χ1v) is 14.3. The normalized spacial score (nSPS) is 48.2. The molecule has 0 aromatic heterocycles. The van der Waals surface area contributed by atoms with Crippen molar-refractivity contribution in [1.29, 1.82) is 0 Å². The van der Waals surface area contributed by atoms with Crippen LogP contribution in [0.15, 0.2) is 0 Å². The number of cyclic esters (lactones) is 1. The van der Waals surface area contributed by atoms with Gasteiger partial charge in [-0.2, -0.15) is 0 Å². The summed E-state index contributed by atoms with van der Waals surface area (Å²) in [7, 11) is 0. The number of carbonyl (C=O) groups is 2. The summed E-state index contributed by atoms with van der Waals surface area (Å²) in [4.78, 5) is 24.0. The zero-order valence-electron chi connectivity index (χ0n) is 21.9. The van der Waals surface area contributed by atoms with Gasteiger partial charge in [0.05, 0.1) is 25.2 Å². The van der Waals surface area contributed by atoms with Gasteiger partial charge in [-0.3, -0.25) is 9.59 Å². The van der Waals surface area contributed by atoms with Crippen molar-refractivity contribution >= 4 is 11.9 Å². The highest BCUT2D eigenvalue weighted by atomic mass is 16.6. The van der Waals surface area contributed by atoms with E-state index in [2.05, 4.69) is 20.8 Å². The maximum atomic E-state index is 12.5. The minimum absolute atomic E-state index is 0.174. The van der Waals surface area contributed by atoms with Crippen molar-refractivity contribution in [2.24, 2.45) is 46.3 Å². The second-order valence-corrected chi connectivity index (χ2v) is 13.3. The van der Waals surface area contributed by atoms with Crippen LogP contribution in [0.1, 0.15) is 97.8 Å². The van der Waals surface area contributed by atoms with Crippen molar-refractivity contribution in [2.45, 2.75) is 116 Å². The molecule has 5 fully saturated rings. The van der Waals surface area contributed by atoms with Crippen LogP contribution in [0.4, 0.5) is 0 Å². The van der Waals surface area contributed by atoms with Crippen molar-refractivity contribution in [2.75, 3.05) is 6.61 Å². The molecule has 1 aliphatic heterocycles. The first-order chi connectivity index (χ1) is 16.6. The van der Waals surface area contributed by atoms with E-state index in [0.717, 1.165) is 32.1 Å². The van der Waals surface area contributed by atoms with Gasteiger partial charge in [-0.25, -0.2) is 0 Å². The zero-order chi connectivity index (χ0) is 25.0. The predicted molar refractivity (Wildman–Crippen MR) is 131 cm³/mol. The SMILES string of the molecule is CC(CCC(=O)OC1CCOC(=O)C1)C1CCC2C3C(O)CC4CC(O)CCC4(C)C3CCC12C. The number of ether oxygens (including phenoxy) is 2. The van der Waals surface area contributed by atoms with Gasteiger partial charge in [0.2, 0.25) is 0 Å². The summed E-state index contributed by atoms with van der Waals surface area (Å²) in [6.07, 6.45) is 9.68. The van der Waals surface area contributed by atoms with Gasteiger partial charge in [0.1, 0.15) is 6.10 Å². The summed E-state index contributed by atoms with van der Waals surface area (Å²) in [5.41, 5.74) is 0.472. The summed E-state index contributed by atoms with van der Waals surface area (Å²) >= 11 is 0. The minimum atomic E-state index is -0.332. The number of aliphatic hydroxyl groups excluding tert-OH is 2. The lowest BCUT2D eigenvalue weighted by Crippen LogP contribution is -2.58. The second kappa shape index (κ2) is 9.63. The zero-order valence-corrected chi connectivity index (χ0v) is 21.9. The highest BCUT2D eigenvalue weighted by Gasteiger charge is 2.62. The highest BCUT2D eigenvalue weighted by Crippen LogP contribution is 2.68. The molecule has 11 unspecified atom stereocenters. The molecule has 198 valence electrons. The summed E-state index contributed by atoms with van der Waals surface area (Å²) in [6.45, 7) is 7.57. The van der Waals surface area contributed by atoms with Crippen LogP contribution in [0.5, 0.6) is 0 Å². The molecule has 5 aliphatic rings. The average Bonchev–Trinajstić information content (AvgIpc) is 3.16. The lowest BCUT2D eigenvalue weighted by atomic mass is 9.43. The van der Waals surface area contributed by atoms with Crippen molar-refractivity contribution in [3.8, 4) is 0 Å². The molecule has 0 amide bonds. The van der Waals surface area contributed by atoms with Gasteiger partial charge in [-0.05, 0) is 104 Å². The Balaban J connectivity index is 1.21. The Bertz CT molecular complexity index is 813. The monoisotopic (exact) mass is 490 g/mol. The third-order valence-electron chi connectivity index (χ3n) is 11.6. The van der Waals surface area contributed by atoms with Gasteiger partial charge in [-0.15, -0.1) is 0 Å². The quantitative estimate of drug-likeness (QED) is 0.545. The van der Waals surface area contributed by atoms with Gasteiger partial charge in [-0.1, -0.05) is 20.8 Å². The molecule has 11 atom stereocenters. The standard InChI is InChI=1S/C29H46O6/c1-17(4-7-25(32)35-20-10-13-34-26(33)16-20)21-5-6-22-27-23(9-12-29(21,22)3)28(2)11-8-19(30)14-18(28)15-24(27)31/h17-24,27,30-31H,4-16H2,1-3H3. The van der Waals surface area contributed by atoms with E-state index in [1.54, 1.807) is 0 Å². The molecular weight excluding hydrogens is 444 g/mol. The van der Waals surface area contributed by atoms with Crippen molar-refractivity contribution in [3.05, 3.63) is 0 Å². The molecule has 0 radical (unpaired) electrons. The van der Waals surface area contributed by atoms with Crippen LogP contribution in [0.3, 0.4) is 0 Å². The summed E-state index contributed by atoms with van der Waals surface area (Å²) in [5.74, 6) is 2.45. The molecular formula is C29H46O6. The molecule has 0 bridgehead atoms. The fraction of sp³-hybridized carbons (Fsp3) is 0.931. The molecule has 35 heavy (non-hydrogen) atoms. The molecule has 4 saturated carbocycles. The van der Waals surface area contributed by atoms with Crippen molar-refractivity contribution < 1.29 is 29.3 Å². The van der Waals surface area contributed by atoms with Gasteiger partial charge in [0.15, 0.2) is 0 Å². The van der Waals surface area contributed by atoms with E-state index in [-0.39, 0.29) is 47.5 Å². The Morgan fingerprint density at radius 3 is 2.57 bits per heavy atom. The lowest BCUT2D eigenvalue weighted by Gasteiger charge is -2.62. The van der Waals surface area contributed by atoms with Gasteiger partial charge >= 0.3 is 11.9 Å². The van der Waals surface area contributed by atoms with E-state index in [9.17, 15) is 19.8 Å². The van der Waals surface area contributed by atoms with Crippen LogP contribution in [0.25, 0.3) is 0 Å². The van der Waals surface area contributed by atoms with E-state index in [1.807, 2.05) is 0 Å². The van der Waals surface area contributed by atoms with Crippen LogP contribution in [-0.4, -0.2) is 47.1 Å². The van der Waals surface area contributed by atoms with E-state index < -0.39 is 0 Å². The lowest BCUT2D eigenvalue weighted by molar-refractivity contribution is -0.174. The van der Waals surface area contributed by atoms with Crippen LogP contribution < -0.4 is 0 Å². The molecule has 0 aromatic rings. The molecule has 2 N–H and O–H groups in total. The van der Waals surface area contributed by atoms with Crippen LogP contribution in [-0.2, 0) is 19.1 Å². The molecule has 0 spiro atoms. The largest absolute Gasteiger partial charge is 0.465 e. The fourth-order valence-electron chi connectivity index (χ4n) is 9.72. The van der Waals surface area contributed by atoms with E-state index in [1.165, 1.54) is 25.7 Å². The summed E-state index contributed by atoms with van der Waals surface area (Å²) < 4.78 is 10.5. The van der Waals surface area contributed by atoms with Crippen LogP contribution >= 0.6 is 0 Å². The second-order valence-electron chi connectivity index (χ2n) is 13.3. The first-order valence-electron chi connectivity index (χ1n) is 14.3. The van der Waals surface area contributed by atoms with Crippen molar-refractivity contribution in [3.63, 3.8) is 0 Å². The molecule has 6 heteroatoms. The van der Waals surface area contributed by atoms with E-state index in [4.69, 9.17) is 9.47 Å². The van der Waals surface area contributed by atoms with Gasteiger partial charge in [0.25, 0.3) is 0 Å². The van der Waals surface area contributed by atoms with E-state index >= 15 is 0 Å². The number of carbonyl (C=O) groups excluding carboxylic acids is 2. The van der Waals surface area contributed by atoms with Crippen molar-refractivity contribution in [1.82, 2.24) is 0 Å². The fourth-order valence-corrected chi connectivity index (χ4v) is 9.72. The van der Waals surface area contributed by atoms with Gasteiger partial charge < -0.3 is 19.7 Å². The third-order valence-corrected chi connectivity index (χ3v) is 11.6. The third kappa shape index (κ3) is 4.56. The molecule has 4 aliphatic carbocycles. The van der Waals surface area contributed by atoms with Crippen LogP contribution in [0, 0.1) is 46.3 Å². The molecule has 0 aromatic carbocycles. The average molecular weight is 491 g/mol. The van der Waals surface area contributed by atoms with E-state index in [0.29, 0.717) is 55.0 Å². The molecule has 1 saturated heterocycles. The Kier molecular flexibility index (Phi) is 7.02. The Morgan fingerprint density at radius 1 is 1.06 bits per heavy atom. The number of aliphatic hydroxyl groups is 2. The highest BCUT2D eigenvalue weighted by molar-refractivity contribution is 5.73. The molecule has 1 heterocycles. The number of hydrogen-bond donors (Lipinski definition) is 2. The van der Waals surface area contributed by atoms with Crippen LogP contribution in [0.2, 0.25) is 0 Å². The maximum Gasteiger partial charge on any atom is 0.309 e.